The van der Waals surface area contributed by atoms with Crippen LogP contribution in [0.2, 0.25) is 0 Å². The molecule has 2 N–H and O–H groups in total. The van der Waals surface area contributed by atoms with E-state index >= 15 is 0 Å². The highest BCUT2D eigenvalue weighted by Gasteiger charge is 2.37. The van der Waals surface area contributed by atoms with Crippen molar-refractivity contribution in [1.29, 1.82) is 0 Å². The quantitative estimate of drug-likeness (QED) is 0.299. The van der Waals surface area contributed by atoms with Gasteiger partial charge < -0.3 is 29.2 Å². The second-order valence-electron chi connectivity index (χ2n) is 6.89. The van der Waals surface area contributed by atoms with Crippen molar-refractivity contribution >= 4 is 28.6 Å². The van der Waals surface area contributed by atoms with Gasteiger partial charge in [0.25, 0.3) is 0 Å². The number of carbonyl (C=O) groups excluding carboxylic acids is 1. The van der Waals surface area contributed by atoms with Crippen LogP contribution in [0, 0.1) is 5.82 Å². The van der Waals surface area contributed by atoms with Gasteiger partial charge in [-0.2, -0.15) is 0 Å². The SMILES string of the molecule is COCCOC(OC)C1=C(Nc2ccc(F)cc2)O/C(=C\c2c[nH]c3ncccc23)C1=O. The van der Waals surface area contributed by atoms with Crippen molar-refractivity contribution in [2.75, 3.05) is 32.8 Å². The summed E-state index contributed by atoms with van der Waals surface area (Å²) in [6.07, 6.45) is 4.06. The third-order valence-electron chi connectivity index (χ3n) is 4.80. The number of methoxy groups -OCH3 is 2. The Labute approximate surface area is 183 Å². The molecule has 8 nitrogen and oxygen atoms in total. The minimum Gasteiger partial charge on any atom is -0.436 e. The van der Waals surface area contributed by atoms with Gasteiger partial charge in [0.1, 0.15) is 17.0 Å². The van der Waals surface area contributed by atoms with Gasteiger partial charge in [-0.1, -0.05) is 0 Å². The monoisotopic (exact) mass is 439 g/mol. The average molecular weight is 439 g/mol. The van der Waals surface area contributed by atoms with Crippen molar-refractivity contribution < 1.29 is 28.1 Å². The number of fused-ring (bicyclic) bond motifs is 1. The van der Waals surface area contributed by atoms with E-state index in [1.807, 2.05) is 12.1 Å². The molecule has 1 aliphatic rings. The van der Waals surface area contributed by atoms with Gasteiger partial charge in [-0.3, -0.25) is 4.79 Å². The molecule has 0 aliphatic carbocycles. The second kappa shape index (κ2) is 9.73. The predicted molar refractivity (Wildman–Crippen MR) is 116 cm³/mol. The number of halogens is 1. The molecular formula is C23H22FN3O5. The van der Waals surface area contributed by atoms with E-state index in [0.717, 1.165) is 10.9 Å². The van der Waals surface area contributed by atoms with Crippen molar-refractivity contribution in [2.24, 2.45) is 0 Å². The number of nitrogens with zero attached hydrogens (tertiary/aromatic N) is 1. The number of H-pyrrole nitrogens is 1. The van der Waals surface area contributed by atoms with Crippen molar-refractivity contribution in [1.82, 2.24) is 9.97 Å². The normalized spacial score (nSPS) is 16.1. The topological polar surface area (TPSA) is 94.7 Å². The lowest BCUT2D eigenvalue weighted by molar-refractivity contribution is -0.127. The summed E-state index contributed by atoms with van der Waals surface area (Å²) in [6, 6.07) is 9.38. The zero-order valence-corrected chi connectivity index (χ0v) is 17.6. The van der Waals surface area contributed by atoms with E-state index in [2.05, 4.69) is 15.3 Å². The van der Waals surface area contributed by atoms with E-state index in [9.17, 15) is 9.18 Å². The molecule has 1 aliphatic heterocycles. The molecule has 3 heterocycles. The summed E-state index contributed by atoms with van der Waals surface area (Å²) >= 11 is 0. The molecule has 9 heteroatoms. The van der Waals surface area contributed by atoms with Gasteiger partial charge in [-0.15, -0.1) is 0 Å². The van der Waals surface area contributed by atoms with E-state index in [1.165, 1.54) is 31.4 Å². The summed E-state index contributed by atoms with van der Waals surface area (Å²) in [6.45, 7) is 0.538. The minimum absolute atomic E-state index is 0.0896. The van der Waals surface area contributed by atoms with Crippen molar-refractivity contribution in [2.45, 2.75) is 6.29 Å². The molecule has 1 aromatic carbocycles. The lowest BCUT2D eigenvalue weighted by Crippen LogP contribution is -2.25. The number of hydrogen-bond acceptors (Lipinski definition) is 7. The van der Waals surface area contributed by atoms with Crippen LogP contribution in [0.4, 0.5) is 10.1 Å². The first-order chi connectivity index (χ1) is 15.6. The van der Waals surface area contributed by atoms with Gasteiger partial charge in [0.15, 0.2) is 12.0 Å². The minimum atomic E-state index is -0.990. The molecule has 0 radical (unpaired) electrons. The molecule has 2 aromatic heterocycles. The molecule has 166 valence electrons. The summed E-state index contributed by atoms with van der Waals surface area (Å²) in [5, 5.41) is 3.86. The molecule has 0 spiro atoms. The van der Waals surface area contributed by atoms with E-state index in [4.69, 9.17) is 18.9 Å². The Hall–Kier alpha value is -3.53. The number of benzene rings is 1. The van der Waals surface area contributed by atoms with Crippen molar-refractivity contribution in [3.8, 4) is 0 Å². The predicted octanol–water partition coefficient (Wildman–Crippen LogP) is 3.60. The largest absolute Gasteiger partial charge is 0.436 e. The zero-order valence-electron chi connectivity index (χ0n) is 17.6. The highest BCUT2D eigenvalue weighted by atomic mass is 19.1. The Morgan fingerprint density at radius 2 is 2.03 bits per heavy atom. The molecular weight excluding hydrogens is 417 g/mol. The van der Waals surface area contributed by atoms with Gasteiger partial charge in [0.2, 0.25) is 11.7 Å². The lowest BCUT2D eigenvalue weighted by atomic mass is 10.1. The van der Waals surface area contributed by atoms with Gasteiger partial charge >= 0.3 is 0 Å². The fraction of sp³-hybridized carbons (Fsp3) is 0.217. The van der Waals surface area contributed by atoms with Gasteiger partial charge in [0, 0.05) is 43.3 Å². The van der Waals surface area contributed by atoms with Crippen LogP contribution in [0.5, 0.6) is 0 Å². The standard InChI is InChI=1S/C23H22FN3O5/c1-29-10-11-31-23(30-2)19-20(28)18(12-14-13-26-21-17(14)4-3-9-25-21)32-22(19)27-16-7-5-15(24)6-8-16/h3-9,12-13,23,27H,10-11H2,1-2H3,(H,25,26)/b18-12-. The Morgan fingerprint density at radius 1 is 1.22 bits per heavy atom. The number of aromatic nitrogens is 2. The Bertz CT molecular complexity index is 1170. The van der Waals surface area contributed by atoms with Crippen LogP contribution in [-0.2, 0) is 23.7 Å². The van der Waals surface area contributed by atoms with E-state index in [1.54, 1.807) is 25.6 Å². The third-order valence-corrected chi connectivity index (χ3v) is 4.80. The van der Waals surface area contributed by atoms with Crippen molar-refractivity contribution in [3.63, 3.8) is 0 Å². The average Bonchev–Trinajstić information content (AvgIpc) is 3.34. The number of ether oxygens (including phenoxy) is 4. The highest BCUT2D eigenvalue weighted by molar-refractivity contribution is 6.13. The number of hydrogen-bond donors (Lipinski definition) is 2. The highest BCUT2D eigenvalue weighted by Crippen LogP contribution is 2.32. The number of nitrogens with one attached hydrogen (secondary N) is 2. The van der Waals surface area contributed by atoms with Crippen LogP contribution in [0.25, 0.3) is 17.1 Å². The third kappa shape index (κ3) is 4.54. The molecule has 4 rings (SSSR count). The smallest absolute Gasteiger partial charge is 0.234 e. The second-order valence-corrected chi connectivity index (χ2v) is 6.89. The molecule has 0 saturated heterocycles. The molecule has 0 saturated carbocycles. The summed E-state index contributed by atoms with van der Waals surface area (Å²) < 4.78 is 35.3. The van der Waals surface area contributed by atoms with E-state index < -0.39 is 12.1 Å². The van der Waals surface area contributed by atoms with Gasteiger partial charge in [0.05, 0.1) is 13.2 Å². The Balaban J connectivity index is 1.68. The van der Waals surface area contributed by atoms with Gasteiger partial charge in [-0.25, -0.2) is 9.37 Å². The number of rotatable bonds is 9. The molecule has 0 bridgehead atoms. The lowest BCUT2D eigenvalue weighted by Gasteiger charge is -2.17. The molecule has 0 fully saturated rings. The Morgan fingerprint density at radius 3 is 2.78 bits per heavy atom. The molecule has 3 aromatic rings. The zero-order chi connectivity index (χ0) is 22.5. The van der Waals surface area contributed by atoms with Crippen molar-refractivity contribution in [3.05, 3.63) is 77.4 Å². The number of allylic oxidation sites excluding steroid dienone is 1. The van der Waals surface area contributed by atoms with Crippen LogP contribution in [0.1, 0.15) is 5.56 Å². The maximum absolute atomic E-state index is 13.3. The number of ketones is 1. The van der Waals surface area contributed by atoms with Crippen LogP contribution >= 0.6 is 0 Å². The van der Waals surface area contributed by atoms with Crippen LogP contribution in [0.3, 0.4) is 0 Å². The summed E-state index contributed by atoms with van der Waals surface area (Å²) in [4.78, 5) is 20.6. The van der Waals surface area contributed by atoms with E-state index in [-0.39, 0.29) is 29.6 Å². The molecule has 1 unspecified atom stereocenters. The maximum Gasteiger partial charge on any atom is 0.234 e. The first-order valence-electron chi connectivity index (χ1n) is 9.87. The summed E-state index contributed by atoms with van der Waals surface area (Å²) in [5.41, 5.74) is 2.14. The first kappa shape index (κ1) is 21.7. The molecule has 0 amide bonds. The number of anilines is 1. The first-order valence-corrected chi connectivity index (χ1v) is 9.87. The number of carbonyl (C=O) groups is 1. The van der Waals surface area contributed by atoms with Crippen LogP contribution < -0.4 is 5.32 Å². The summed E-state index contributed by atoms with van der Waals surface area (Å²) in [5.74, 6) is -0.529. The fourth-order valence-corrected chi connectivity index (χ4v) is 3.26. The number of pyridine rings is 1. The summed E-state index contributed by atoms with van der Waals surface area (Å²) in [7, 11) is 2.98. The van der Waals surface area contributed by atoms with Crippen LogP contribution in [0.15, 0.2) is 66.0 Å². The fourth-order valence-electron chi connectivity index (χ4n) is 3.26. The molecule has 1 atom stereocenters. The van der Waals surface area contributed by atoms with Gasteiger partial charge in [-0.05, 0) is 42.5 Å². The number of Topliss-reactive ketones (excluding diaryl/α,β-unsaturated/α-hetero) is 1. The van der Waals surface area contributed by atoms with Crippen LogP contribution in [-0.4, -0.2) is 49.5 Å². The molecule has 32 heavy (non-hydrogen) atoms. The maximum atomic E-state index is 13.3. The Kier molecular flexibility index (Phi) is 6.60. The van der Waals surface area contributed by atoms with E-state index in [0.29, 0.717) is 17.9 Å². The number of aromatic amines is 1.